The third-order valence-electron chi connectivity index (χ3n) is 17.3. The van der Waals surface area contributed by atoms with Gasteiger partial charge in [0.1, 0.15) is 0 Å². The van der Waals surface area contributed by atoms with E-state index in [0.717, 1.165) is 68.2 Å². The summed E-state index contributed by atoms with van der Waals surface area (Å²) < 4.78 is 2.97. The van der Waals surface area contributed by atoms with Crippen molar-refractivity contribution in [3.8, 4) is 22.3 Å². The minimum absolute atomic E-state index is 1.08. The molecule has 14 aromatic rings. The van der Waals surface area contributed by atoms with Crippen LogP contribution in [0.3, 0.4) is 0 Å². The Bertz CT molecular complexity index is 4380. The van der Waals surface area contributed by atoms with Crippen LogP contribution in [-0.4, -0.2) is 26.5 Å². The first-order chi connectivity index (χ1) is 42.9. The molecule has 0 aliphatic heterocycles. The molecule has 0 aliphatic rings. The van der Waals surface area contributed by atoms with Gasteiger partial charge in [0.05, 0.1) is 0 Å². The number of anilines is 12. The Hall–Kier alpha value is -9.59. The zero-order valence-corrected chi connectivity index (χ0v) is 55.0. The SMILES string of the molecule is [CH3][Ge]([CH3])([CH3])[c]1ccc(N(c2ccc(N(c3ccccc3)c3ccc(-c4ccccc4)cc3)cc2)c2ccc3ccc4c(N(c5ccc(N(c6ccccc6)c6ccc(-c7ccccc7)cc6)cc5)c5cc[c]([Ge]([CH3])([CH3])[CH3])cc5)ccc5ccc2c3c54)cc1. The van der Waals surface area contributed by atoms with E-state index in [1.807, 2.05) is 0 Å². The fourth-order valence-corrected chi connectivity index (χ4v) is 17.5. The van der Waals surface area contributed by atoms with Crippen molar-refractivity contribution in [2.45, 2.75) is 34.5 Å². The van der Waals surface area contributed by atoms with E-state index in [9.17, 15) is 0 Å². The number of hydrogen-bond donors (Lipinski definition) is 0. The molecular weight excluding hydrogens is 1190 g/mol. The Labute approximate surface area is 523 Å². The van der Waals surface area contributed by atoms with Gasteiger partial charge in [0.25, 0.3) is 0 Å². The molecule has 0 heterocycles. The first-order valence-electron chi connectivity index (χ1n) is 30.6. The van der Waals surface area contributed by atoms with Crippen LogP contribution < -0.4 is 28.4 Å². The van der Waals surface area contributed by atoms with Gasteiger partial charge < -0.3 is 0 Å². The predicted molar refractivity (Wildman–Crippen MR) is 386 cm³/mol. The van der Waals surface area contributed by atoms with Gasteiger partial charge in [-0.05, 0) is 22.3 Å². The van der Waals surface area contributed by atoms with Crippen molar-refractivity contribution in [2.24, 2.45) is 0 Å². The van der Waals surface area contributed by atoms with Gasteiger partial charge in [-0.3, -0.25) is 0 Å². The van der Waals surface area contributed by atoms with E-state index in [4.69, 9.17) is 0 Å². The summed E-state index contributed by atoms with van der Waals surface area (Å²) in [6.45, 7) is 0. The van der Waals surface area contributed by atoms with Gasteiger partial charge in [-0.15, -0.1) is 0 Å². The summed E-state index contributed by atoms with van der Waals surface area (Å²) in [5.41, 5.74) is 18.1. The molecule has 0 unspecified atom stereocenters. The molecule has 0 aliphatic carbocycles. The number of rotatable bonds is 16. The van der Waals surface area contributed by atoms with Crippen LogP contribution in [0.25, 0.3) is 54.6 Å². The van der Waals surface area contributed by atoms with Crippen molar-refractivity contribution in [1.82, 2.24) is 0 Å². The van der Waals surface area contributed by atoms with Crippen molar-refractivity contribution in [1.29, 1.82) is 0 Å². The van der Waals surface area contributed by atoms with Crippen LogP contribution in [0.15, 0.2) is 315 Å². The Morgan fingerprint density at radius 2 is 0.420 bits per heavy atom. The van der Waals surface area contributed by atoms with Crippen molar-refractivity contribution >= 4 is 136 Å². The van der Waals surface area contributed by atoms with Gasteiger partial charge in [0.15, 0.2) is 0 Å². The quantitative estimate of drug-likeness (QED) is 0.0706. The molecule has 0 spiro atoms. The first-order valence-corrected chi connectivity index (χ1v) is 45.3. The van der Waals surface area contributed by atoms with Crippen LogP contribution in [0.4, 0.5) is 68.2 Å². The molecule has 0 amide bonds. The van der Waals surface area contributed by atoms with Crippen LogP contribution in [-0.2, 0) is 0 Å². The summed E-state index contributed by atoms with van der Waals surface area (Å²) in [4.78, 5) is 9.66. The number of para-hydroxylation sites is 2. The van der Waals surface area contributed by atoms with Gasteiger partial charge in [-0.2, -0.15) is 0 Å². The molecule has 0 atom stereocenters. The fraction of sp³-hybridized carbons (Fsp3) is 0.0732. The summed E-state index contributed by atoms with van der Waals surface area (Å²) in [6, 6.07) is 116. The van der Waals surface area contributed by atoms with Crippen LogP contribution in [0.2, 0.25) is 34.5 Å². The topological polar surface area (TPSA) is 13.0 Å². The molecule has 0 radical (unpaired) electrons. The summed E-state index contributed by atoms with van der Waals surface area (Å²) in [5.74, 6) is 14.8. The van der Waals surface area contributed by atoms with Crippen molar-refractivity contribution in [2.75, 3.05) is 19.6 Å². The summed E-state index contributed by atoms with van der Waals surface area (Å²) in [6.07, 6.45) is 0. The van der Waals surface area contributed by atoms with E-state index in [-0.39, 0.29) is 0 Å². The third-order valence-corrected chi connectivity index (χ3v) is 26.0. The molecule has 0 N–H and O–H groups in total. The molecule has 88 heavy (non-hydrogen) atoms. The zero-order chi connectivity index (χ0) is 59.9. The summed E-state index contributed by atoms with van der Waals surface area (Å²) in [7, 11) is 0. The van der Waals surface area contributed by atoms with Crippen LogP contribution >= 0.6 is 0 Å². The summed E-state index contributed by atoms with van der Waals surface area (Å²) >= 11 is -4.31. The Morgan fingerprint density at radius 1 is 0.193 bits per heavy atom. The van der Waals surface area contributed by atoms with Gasteiger partial charge in [0.2, 0.25) is 0 Å². The molecule has 426 valence electrons. The molecule has 6 heteroatoms. The number of benzene rings is 14. The molecule has 0 fully saturated rings. The zero-order valence-electron chi connectivity index (χ0n) is 50.8. The Morgan fingerprint density at radius 3 is 0.716 bits per heavy atom. The predicted octanol–water partition coefficient (Wildman–Crippen LogP) is 22.9. The average Bonchev–Trinajstić information content (AvgIpc) is 1.32. The van der Waals surface area contributed by atoms with Crippen LogP contribution in [0.1, 0.15) is 0 Å². The maximum atomic E-state index is 2.48. The van der Waals surface area contributed by atoms with Crippen molar-refractivity contribution < 1.29 is 0 Å². The molecular formula is C82H70Ge2N4. The van der Waals surface area contributed by atoms with E-state index < -0.39 is 26.5 Å². The second kappa shape index (κ2) is 23.6. The van der Waals surface area contributed by atoms with E-state index in [1.165, 1.54) is 63.4 Å². The van der Waals surface area contributed by atoms with Gasteiger partial charge in [0, 0.05) is 0 Å². The third kappa shape index (κ3) is 11.0. The minimum atomic E-state index is -2.16. The van der Waals surface area contributed by atoms with Gasteiger partial charge in [-0.1, -0.05) is 121 Å². The van der Waals surface area contributed by atoms with Crippen LogP contribution in [0, 0.1) is 0 Å². The van der Waals surface area contributed by atoms with Gasteiger partial charge >= 0.3 is 384 Å². The molecule has 4 nitrogen and oxygen atoms in total. The standard InChI is InChI=1S/C82H70Ge2N4/c1-83(2,3)65-35-43-73(44-36-65)87(75-51-47-71(48-52-75)85(67-23-15-9-16-24-67)69-39-27-61(28-40-69)59-19-11-7-12-20-59)79-57-33-63-32-56-78-80(58-34-64-31-55-77(79)81(63)82(64)78)88(74-45-37-66(38-46-74)84(4,5)6)76-53-49-72(50-54-76)86(68-25-17-10-18-26-68)70-41-29-62(30-42-70)60-21-13-8-14-22-60/h7-58H,1-6H3. The van der Waals surface area contributed by atoms with Crippen molar-refractivity contribution in [3.63, 3.8) is 0 Å². The molecule has 0 saturated heterocycles. The summed E-state index contributed by atoms with van der Waals surface area (Å²) in [5, 5.41) is 7.35. The Kier molecular flexibility index (Phi) is 15.1. The van der Waals surface area contributed by atoms with Crippen LogP contribution in [0.5, 0.6) is 0 Å². The fourth-order valence-electron chi connectivity index (χ4n) is 12.7. The normalized spacial score (nSPS) is 11.8. The van der Waals surface area contributed by atoms with E-state index in [2.05, 4.69) is 370 Å². The molecule has 0 saturated carbocycles. The molecule has 0 aromatic heterocycles. The van der Waals surface area contributed by atoms with E-state index in [1.54, 1.807) is 0 Å². The van der Waals surface area contributed by atoms with Gasteiger partial charge in [-0.25, -0.2) is 0 Å². The maximum absolute atomic E-state index is 2.48. The molecule has 14 rings (SSSR count). The second-order valence-corrected chi connectivity index (χ2v) is 46.4. The monoisotopic (exact) mass is 1260 g/mol. The van der Waals surface area contributed by atoms with Crippen molar-refractivity contribution in [3.05, 3.63) is 315 Å². The molecule has 14 aromatic carbocycles. The number of nitrogens with zero attached hydrogens (tertiary/aromatic N) is 4. The number of hydrogen-bond acceptors (Lipinski definition) is 4. The van der Waals surface area contributed by atoms with E-state index >= 15 is 0 Å². The molecule has 0 bridgehead atoms. The Balaban J connectivity index is 0.890. The average molecular weight is 1260 g/mol. The first kappa shape index (κ1) is 56.2. The second-order valence-electron chi connectivity index (χ2n) is 25.1. The van der Waals surface area contributed by atoms with E-state index in [0.29, 0.717) is 0 Å².